The molecular weight excluding hydrogens is 597 g/mol. The molecule has 2 unspecified atom stereocenters. The van der Waals surface area contributed by atoms with E-state index in [2.05, 4.69) is 5.32 Å². The number of benzene rings is 3. The predicted molar refractivity (Wildman–Crippen MR) is 141 cm³/mol. The Hall–Kier alpha value is -2.36. The van der Waals surface area contributed by atoms with E-state index in [0.717, 1.165) is 6.92 Å². The van der Waals surface area contributed by atoms with Crippen LogP contribution < -0.4 is 16.4 Å². The van der Waals surface area contributed by atoms with Gasteiger partial charge >= 0.3 is 0 Å². The Labute approximate surface area is 234 Å². The summed E-state index contributed by atoms with van der Waals surface area (Å²) in [5, 5.41) is 5.20. The first-order valence-corrected chi connectivity index (χ1v) is 12.3. The molecule has 5 nitrogen and oxygen atoms in total. The number of halogens is 8. The highest BCUT2D eigenvalue weighted by molar-refractivity contribution is 6.53. The minimum absolute atomic E-state index is 0.0926. The fraction of sp³-hybridized carbons (Fsp3) is 0.167. The summed E-state index contributed by atoms with van der Waals surface area (Å²) in [6.07, 6.45) is 0. The lowest BCUT2D eigenvalue weighted by Crippen LogP contribution is -2.19. The van der Waals surface area contributed by atoms with Crippen LogP contribution in [-0.2, 0) is 4.79 Å². The summed E-state index contributed by atoms with van der Waals surface area (Å²) in [5.74, 6) is -7.18. The normalized spacial score (nSPS) is 17.9. The Kier molecular flexibility index (Phi) is 7.53. The van der Waals surface area contributed by atoms with E-state index < -0.39 is 62.4 Å². The Bertz CT molecular complexity index is 1420. The molecule has 1 fully saturated rings. The van der Waals surface area contributed by atoms with Crippen molar-refractivity contribution in [2.75, 3.05) is 16.4 Å². The largest absolute Gasteiger partial charge is 0.394 e. The van der Waals surface area contributed by atoms with E-state index in [1.807, 2.05) is 5.32 Å². The van der Waals surface area contributed by atoms with Crippen molar-refractivity contribution in [1.29, 1.82) is 0 Å². The fourth-order valence-corrected chi connectivity index (χ4v) is 5.50. The molecule has 3 aromatic rings. The molecule has 4 N–H and O–H groups in total. The second kappa shape index (κ2) is 10.1. The topological polar surface area (TPSA) is 84.2 Å². The van der Waals surface area contributed by atoms with Crippen LogP contribution in [0.3, 0.4) is 0 Å². The first-order chi connectivity index (χ1) is 17.2. The van der Waals surface area contributed by atoms with Crippen molar-refractivity contribution in [3.05, 3.63) is 85.6 Å². The molecule has 194 valence electrons. The summed E-state index contributed by atoms with van der Waals surface area (Å²) in [4.78, 5) is 25.8. The van der Waals surface area contributed by atoms with E-state index in [1.165, 1.54) is 24.3 Å². The van der Waals surface area contributed by atoms with Gasteiger partial charge in [0.05, 0.1) is 16.5 Å². The van der Waals surface area contributed by atoms with Crippen molar-refractivity contribution < 1.29 is 22.8 Å². The van der Waals surface area contributed by atoms with Crippen LogP contribution in [0.25, 0.3) is 0 Å². The van der Waals surface area contributed by atoms with Crippen LogP contribution in [-0.4, -0.2) is 16.1 Å². The van der Waals surface area contributed by atoms with Crippen molar-refractivity contribution in [3.8, 4) is 0 Å². The number of nitrogens with one attached hydrogen (secondary N) is 2. The highest BCUT2D eigenvalue weighted by atomic mass is 35.5. The summed E-state index contributed by atoms with van der Waals surface area (Å²) in [6.45, 7) is 1.04. The Balaban J connectivity index is 1.56. The first-order valence-electron chi connectivity index (χ1n) is 10.4. The predicted octanol–water partition coefficient (Wildman–Crippen LogP) is 7.73. The maximum atomic E-state index is 14.4. The molecule has 1 aliphatic rings. The SMILES string of the molecule is Cc1c(F)c(N)c(F)c(NC(=O)c2cc(NC(=O)C3C(c4cc(Cl)cc(Cl)c4)C3(Cl)Cl)ccc2Cl)c1F. The van der Waals surface area contributed by atoms with E-state index in [-0.39, 0.29) is 16.3 Å². The van der Waals surface area contributed by atoms with Gasteiger partial charge in [-0.25, -0.2) is 13.2 Å². The molecular formula is C24H15Cl5F3N3O2. The number of nitrogens with two attached hydrogens (primary N) is 1. The summed E-state index contributed by atoms with van der Waals surface area (Å²) >= 11 is 30.9. The smallest absolute Gasteiger partial charge is 0.257 e. The van der Waals surface area contributed by atoms with Crippen LogP contribution in [0.5, 0.6) is 0 Å². The van der Waals surface area contributed by atoms with Crippen molar-refractivity contribution in [2.45, 2.75) is 17.2 Å². The van der Waals surface area contributed by atoms with E-state index >= 15 is 0 Å². The second-order valence-electron chi connectivity index (χ2n) is 8.33. The second-order valence-corrected chi connectivity index (χ2v) is 11.1. The number of anilines is 3. The van der Waals surface area contributed by atoms with Gasteiger partial charge in [-0.1, -0.05) is 34.8 Å². The van der Waals surface area contributed by atoms with Crippen molar-refractivity contribution >= 4 is 86.9 Å². The Morgan fingerprint density at radius 1 is 0.919 bits per heavy atom. The molecule has 2 amide bonds. The van der Waals surface area contributed by atoms with E-state index in [1.54, 1.807) is 12.1 Å². The van der Waals surface area contributed by atoms with Gasteiger partial charge in [0.15, 0.2) is 17.5 Å². The average molecular weight is 612 g/mol. The highest BCUT2D eigenvalue weighted by Crippen LogP contribution is 2.65. The van der Waals surface area contributed by atoms with Crippen molar-refractivity contribution in [1.82, 2.24) is 0 Å². The van der Waals surface area contributed by atoms with Gasteiger partial charge in [-0.3, -0.25) is 9.59 Å². The third kappa shape index (κ3) is 5.18. The molecule has 0 heterocycles. The van der Waals surface area contributed by atoms with Gasteiger partial charge in [0.1, 0.15) is 15.7 Å². The molecule has 2 atom stereocenters. The van der Waals surface area contributed by atoms with Crippen LogP contribution in [0, 0.1) is 30.3 Å². The zero-order valence-corrected chi connectivity index (χ0v) is 22.3. The molecule has 0 saturated heterocycles. The fourth-order valence-electron chi connectivity index (χ4n) is 3.92. The number of rotatable bonds is 5. The lowest BCUT2D eigenvalue weighted by atomic mass is 10.1. The Morgan fingerprint density at radius 2 is 1.54 bits per heavy atom. The molecule has 0 radical (unpaired) electrons. The zero-order valence-electron chi connectivity index (χ0n) is 18.5. The Morgan fingerprint density at radius 3 is 2.16 bits per heavy atom. The number of hydrogen-bond acceptors (Lipinski definition) is 3. The van der Waals surface area contributed by atoms with Gasteiger partial charge in [-0.15, -0.1) is 23.2 Å². The van der Waals surface area contributed by atoms with E-state index in [9.17, 15) is 22.8 Å². The molecule has 0 spiro atoms. The lowest BCUT2D eigenvalue weighted by molar-refractivity contribution is -0.117. The lowest BCUT2D eigenvalue weighted by Gasteiger charge is -2.14. The number of alkyl halides is 2. The molecule has 1 saturated carbocycles. The molecule has 37 heavy (non-hydrogen) atoms. The number of amides is 2. The van der Waals surface area contributed by atoms with Crippen LogP contribution in [0.2, 0.25) is 15.1 Å². The summed E-state index contributed by atoms with van der Waals surface area (Å²) in [7, 11) is 0. The van der Waals surface area contributed by atoms with Crippen LogP contribution in [0.4, 0.5) is 30.2 Å². The number of nitrogen functional groups attached to an aromatic ring is 1. The van der Waals surface area contributed by atoms with E-state index in [4.69, 9.17) is 63.7 Å². The van der Waals surface area contributed by atoms with Crippen LogP contribution >= 0.6 is 58.0 Å². The highest BCUT2D eigenvalue weighted by Gasteiger charge is 2.67. The minimum atomic E-state index is -1.48. The summed E-state index contributed by atoms with van der Waals surface area (Å²) in [5.41, 5.74) is 3.30. The molecule has 1 aliphatic carbocycles. The van der Waals surface area contributed by atoms with Crippen LogP contribution in [0.1, 0.15) is 27.4 Å². The minimum Gasteiger partial charge on any atom is -0.394 e. The van der Waals surface area contributed by atoms with Gasteiger partial charge in [0, 0.05) is 27.2 Å². The third-order valence-electron chi connectivity index (χ3n) is 5.87. The van der Waals surface area contributed by atoms with Gasteiger partial charge in [0.25, 0.3) is 5.91 Å². The third-order valence-corrected chi connectivity index (χ3v) is 7.57. The maximum absolute atomic E-state index is 14.4. The maximum Gasteiger partial charge on any atom is 0.257 e. The average Bonchev–Trinajstić information content (AvgIpc) is 3.41. The molecule has 0 aromatic heterocycles. The summed E-state index contributed by atoms with van der Waals surface area (Å²) in [6, 6.07) is 8.58. The van der Waals surface area contributed by atoms with Crippen molar-refractivity contribution in [3.63, 3.8) is 0 Å². The van der Waals surface area contributed by atoms with Gasteiger partial charge in [0.2, 0.25) is 5.91 Å². The molecule has 13 heteroatoms. The van der Waals surface area contributed by atoms with E-state index in [0.29, 0.717) is 15.6 Å². The quantitative estimate of drug-likeness (QED) is 0.204. The number of carbonyl (C=O) groups is 2. The monoisotopic (exact) mass is 609 g/mol. The van der Waals surface area contributed by atoms with Gasteiger partial charge in [-0.2, -0.15) is 0 Å². The molecule has 0 aliphatic heterocycles. The molecule has 4 rings (SSSR count). The standard InChI is InChI=1S/C24H15Cl5F3N3O2/c1-8-17(30)20(33)19(32)21(18(8)31)35-22(36)13-7-12(2-3-14(13)27)34-23(37)16-15(24(16,28)29)9-4-10(25)6-11(26)5-9/h2-7,15-16H,33H2,1H3,(H,34,37)(H,35,36). The van der Waals surface area contributed by atoms with Gasteiger partial charge in [-0.05, 0) is 48.9 Å². The summed E-state index contributed by atoms with van der Waals surface area (Å²) < 4.78 is 41.2. The molecule has 0 bridgehead atoms. The number of carbonyl (C=O) groups excluding carboxylic acids is 2. The van der Waals surface area contributed by atoms with Crippen molar-refractivity contribution in [2.24, 2.45) is 5.92 Å². The first kappa shape index (κ1) is 27.7. The zero-order chi connectivity index (χ0) is 27.4. The molecule has 3 aromatic carbocycles. The van der Waals surface area contributed by atoms with Gasteiger partial charge < -0.3 is 16.4 Å². The van der Waals surface area contributed by atoms with Crippen LogP contribution in [0.15, 0.2) is 36.4 Å². The number of hydrogen-bond donors (Lipinski definition) is 3.